The average molecular weight is 357 g/mol. The van der Waals surface area contributed by atoms with Gasteiger partial charge in [0.15, 0.2) is 6.61 Å². The van der Waals surface area contributed by atoms with Gasteiger partial charge >= 0.3 is 5.97 Å². The zero-order valence-corrected chi connectivity index (χ0v) is 16.1. The maximum atomic E-state index is 12.2. The Morgan fingerprint density at radius 3 is 2.35 bits per heavy atom. The lowest BCUT2D eigenvalue weighted by Gasteiger charge is -2.13. The van der Waals surface area contributed by atoms with Crippen LogP contribution in [0.2, 0.25) is 0 Å². The summed E-state index contributed by atoms with van der Waals surface area (Å²) in [4.78, 5) is 26.2. The molecule has 2 aromatic rings. The van der Waals surface area contributed by atoms with Crippen LogP contribution in [0, 0.1) is 13.8 Å². The Kier molecular flexibility index (Phi) is 6.44. The van der Waals surface area contributed by atoms with Crippen LogP contribution in [0.3, 0.4) is 0 Å². The van der Waals surface area contributed by atoms with Crippen LogP contribution < -0.4 is 10.2 Å². The lowest BCUT2D eigenvalue weighted by atomic mass is 10.2. The van der Waals surface area contributed by atoms with Crippen molar-refractivity contribution >= 4 is 17.6 Å². The van der Waals surface area contributed by atoms with Gasteiger partial charge in [0.1, 0.15) is 0 Å². The molecule has 0 saturated carbocycles. The van der Waals surface area contributed by atoms with Crippen molar-refractivity contribution in [1.29, 1.82) is 0 Å². The Balaban J connectivity index is 1.84. The highest BCUT2D eigenvalue weighted by molar-refractivity contribution is 5.92. The SMILES string of the molecule is CCn1c(C)cc(C(=O)OCC(=O)NCc2ccc(N(C)C)cc2)c1C. The van der Waals surface area contributed by atoms with E-state index in [0.717, 1.165) is 29.2 Å². The van der Waals surface area contributed by atoms with Crippen LogP contribution in [0.5, 0.6) is 0 Å². The number of ether oxygens (including phenoxy) is 1. The highest BCUT2D eigenvalue weighted by Gasteiger charge is 2.17. The average Bonchev–Trinajstić information content (AvgIpc) is 2.91. The Hall–Kier alpha value is -2.76. The smallest absolute Gasteiger partial charge is 0.340 e. The van der Waals surface area contributed by atoms with E-state index in [-0.39, 0.29) is 12.5 Å². The van der Waals surface area contributed by atoms with Crippen molar-refractivity contribution in [3.8, 4) is 0 Å². The molecule has 0 fully saturated rings. The Bertz CT molecular complexity index is 776. The number of nitrogens with one attached hydrogen (secondary N) is 1. The van der Waals surface area contributed by atoms with E-state index in [9.17, 15) is 9.59 Å². The first-order valence-corrected chi connectivity index (χ1v) is 8.70. The topological polar surface area (TPSA) is 63.6 Å². The lowest BCUT2D eigenvalue weighted by molar-refractivity contribution is -0.124. The van der Waals surface area contributed by atoms with Crippen LogP contribution in [0.25, 0.3) is 0 Å². The summed E-state index contributed by atoms with van der Waals surface area (Å²) in [6.07, 6.45) is 0. The molecule has 1 amide bonds. The summed E-state index contributed by atoms with van der Waals surface area (Å²) in [6.45, 7) is 6.75. The van der Waals surface area contributed by atoms with Crippen molar-refractivity contribution in [3.63, 3.8) is 0 Å². The van der Waals surface area contributed by atoms with E-state index in [1.165, 1.54) is 0 Å². The van der Waals surface area contributed by atoms with Crippen molar-refractivity contribution in [1.82, 2.24) is 9.88 Å². The molecular formula is C20H27N3O3. The largest absolute Gasteiger partial charge is 0.452 e. The molecule has 0 bridgehead atoms. The van der Waals surface area contributed by atoms with Crippen LogP contribution in [0.4, 0.5) is 5.69 Å². The molecule has 140 valence electrons. The fourth-order valence-corrected chi connectivity index (χ4v) is 2.87. The van der Waals surface area contributed by atoms with Gasteiger partial charge in [0.2, 0.25) is 0 Å². The van der Waals surface area contributed by atoms with Gasteiger partial charge in [0.05, 0.1) is 5.56 Å². The second kappa shape index (κ2) is 8.56. The molecular weight excluding hydrogens is 330 g/mol. The minimum atomic E-state index is -0.469. The van der Waals surface area contributed by atoms with Crippen LogP contribution in [0.1, 0.15) is 34.2 Å². The number of benzene rings is 1. The van der Waals surface area contributed by atoms with E-state index >= 15 is 0 Å². The summed E-state index contributed by atoms with van der Waals surface area (Å²) in [7, 11) is 3.95. The predicted octanol–water partition coefficient (Wildman–Crippen LogP) is 2.66. The Morgan fingerprint density at radius 1 is 1.15 bits per heavy atom. The maximum absolute atomic E-state index is 12.2. The number of anilines is 1. The van der Waals surface area contributed by atoms with E-state index in [1.54, 1.807) is 6.07 Å². The summed E-state index contributed by atoms with van der Waals surface area (Å²) in [5.74, 6) is -0.789. The van der Waals surface area contributed by atoms with Gasteiger partial charge in [-0.05, 0) is 44.5 Å². The summed E-state index contributed by atoms with van der Waals surface area (Å²) in [5, 5.41) is 2.76. The predicted molar refractivity (Wildman–Crippen MR) is 102 cm³/mol. The Morgan fingerprint density at radius 2 is 1.81 bits per heavy atom. The standard InChI is InChI=1S/C20H27N3O3/c1-6-23-14(2)11-18(15(23)3)20(25)26-13-19(24)21-12-16-7-9-17(10-8-16)22(4)5/h7-11H,6,12-13H2,1-5H3,(H,21,24). The van der Waals surface area contributed by atoms with Gasteiger partial charge in [-0.3, -0.25) is 4.79 Å². The molecule has 0 aliphatic carbocycles. The van der Waals surface area contributed by atoms with Gasteiger partial charge in [-0.25, -0.2) is 4.79 Å². The fourth-order valence-electron chi connectivity index (χ4n) is 2.87. The number of amides is 1. The number of rotatable bonds is 7. The highest BCUT2D eigenvalue weighted by atomic mass is 16.5. The molecule has 1 N–H and O–H groups in total. The molecule has 2 rings (SSSR count). The number of carbonyl (C=O) groups is 2. The van der Waals surface area contributed by atoms with Crippen LogP contribution in [-0.4, -0.2) is 37.1 Å². The lowest BCUT2D eigenvalue weighted by Crippen LogP contribution is -2.28. The molecule has 1 aromatic carbocycles. The number of hydrogen-bond donors (Lipinski definition) is 1. The minimum Gasteiger partial charge on any atom is -0.452 e. The molecule has 1 heterocycles. The summed E-state index contributed by atoms with van der Waals surface area (Å²) in [5.41, 5.74) is 4.45. The molecule has 0 spiro atoms. The minimum absolute atomic E-state index is 0.287. The summed E-state index contributed by atoms with van der Waals surface area (Å²) in [6, 6.07) is 9.70. The normalized spacial score (nSPS) is 10.5. The van der Waals surface area contributed by atoms with Crippen molar-refractivity contribution in [2.45, 2.75) is 33.9 Å². The molecule has 0 saturated heterocycles. The van der Waals surface area contributed by atoms with E-state index in [2.05, 4.69) is 5.32 Å². The molecule has 0 radical (unpaired) electrons. The fraction of sp³-hybridized carbons (Fsp3) is 0.400. The third kappa shape index (κ3) is 4.65. The number of aryl methyl sites for hydroxylation is 1. The zero-order chi connectivity index (χ0) is 19.3. The monoisotopic (exact) mass is 357 g/mol. The zero-order valence-electron chi connectivity index (χ0n) is 16.1. The molecule has 0 unspecified atom stereocenters. The van der Waals surface area contributed by atoms with E-state index in [4.69, 9.17) is 4.74 Å². The van der Waals surface area contributed by atoms with Gasteiger partial charge in [0.25, 0.3) is 5.91 Å². The van der Waals surface area contributed by atoms with Gasteiger partial charge in [-0.15, -0.1) is 0 Å². The van der Waals surface area contributed by atoms with E-state index in [0.29, 0.717) is 12.1 Å². The molecule has 26 heavy (non-hydrogen) atoms. The van der Waals surface area contributed by atoms with Gasteiger partial charge < -0.3 is 19.5 Å². The summed E-state index contributed by atoms with van der Waals surface area (Å²) >= 11 is 0. The molecule has 1 aromatic heterocycles. The first-order chi connectivity index (χ1) is 12.3. The molecule has 6 heteroatoms. The highest BCUT2D eigenvalue weighted by Crippen LogP contribution is 2.16. The third-order valence-corrected chi connectivity index (χ3v) is 4.39. The first kappa shape index (κ1) is 19.6. The van der Waals surface area contributed by atoms with Gasteiger partial charge in [0, 0.05) is 44.3 Å². The number of carbonyl (C=O) groups excluding carboxylic acids is 2. The first-order valence-electron chi connectivity index (χ1n) is 8.70. The molecule has 0 aliphatic rings. The van der Waals surface area contributed by atoms with Crippen molar-refractivity contribution in [2.24, 2.45) is 0 Å². The number of aromatic nitrogens is 1. The number of hydrogen-bond acceptors (Lipinski definition) is 4. The number of esters is 1. The quantitative estimate of drug-likeness (QED) is 0.774. The van der Waals surface area contributed by atoms with Gasteiger partial charge in [-0.2, -0.15) is 0 Å². The van der Waals surface area contributed by atoms with E-state index in [1.807, 2.05) is 68.6 Å². The second-order valence-corrected chi connectivity index (χ2v) is 6.44. The Labute approximate surface area is 154 Å². The van der Waals surface area contributed by atoms with Crippen molar-refractivity contribution in [3.05, 3.63) is 52.8 Å². The number of nitrogens with zero attached hydrogens (tertiary/aromatic N) is 2. The maximum Gasteiger partial charge on any atom is 0.340 e. The second-order valence-electron chi connectivity index (χ2n) is 6.44. The summed E-state index contributed by atoms with van der Waals surface area (Å²) < 4.78 is 7.19. The van der Waals surface area contributed by atoms with Crippen molar-refractivity contribution < 1.29 is 14.3 Å². The van der Waals surface area contributed by atoms with Crippen LogP contribution in [0.15, 0.2) is 30.3 Å². The van der Waals surface area contributed by atoms with Crippen molar-refractivity contribution in [2.75, 3.05) is 25.6 Å². The van der Waals surface area contributed by atoms with E-state index < -0.39 is 5.97 Å². The van der Waals surface area contributed by atoms with Crippen LogP contribution in [-0.2, 0) is 22.6 Å². The molecule has 0 aliphatic heterocycles. The molecule has 6 nitrogen and oxygen atoms in total. The van der Waals surface area contributed by atoms with Crippen LogP contribution >= 0.6 is 0 Å². The third-order valence-electron chi connectivity index (χ3n) is 4.39. The molecule has 0 atom stereocenters. The van der Waals surface area contributed by atoms with Gasteiger partial charge in [-0.1, -0.05) is 12.1 Å².